The summed E-state index contributed by atoms with van der Waals surface area (Å²) in [7, 11) is 0. The molecule has 1 radical (unpaired) electrons. The fourth-order valence-corrected chi connectivity index (χ4v) is 1.47. The predicted molar refractivity (Wildman–Crippen MR) is 65.8 cm³/mol. The Morgan fingerprint density at radius 1 is 1.18 bits per heavy atom. The molecule has 0 aliphatic heterocycles. The van der Waals surface area contributed by atoms with Crippen LogP contribution >= 0.6 is 0 Å². The number of hydrogen-bond acceptors (Lipinski definition) is 2. The summed E-state index contributed by atoms with van der Waals surface area (Å²) < 4.78 is 5.52. The molecular weight excluding hydrogens is 218 g/mol. The Bertz CT molecular complexity index is 335. The molecule has 0 spiro atoms. The zero-order valence-electron chi connectivity index (χ0n) is 10.1. The van der Waals surface area contributed by atoms with E-state index in [0.29, 0.717) is 12.3 Å². The van der Waals surface area contributed by atoms with Gasteiger partial charge < -0.3 is 4.74 Å². The second-order valence-electron chi connectivity index (χ2n) is 3.85. The fourth-order valence-electron chi connectivity index (χ4n) is 1.47. The molecule has 1 aromatic rings. The lowest BCUT2D eigenvalue weighted by atomic mass is 10.2. The summed E-state index contributed by atoms with van der Waals surface area (Å²) in [5.74, 6) is 0.755. The van der Waals surface area contributed by atoms with Crippen LogP contribution in [0.5, 0.6) is 5.75 Å². The van der Waals surface area contributed by atoms with Gasteiger partial charge in [-0.25, -0.2) is 9.90 Å². The van der Waals surface area contributed by atoms with Gasteiger partial charge in [0.15, 0.2) is 0 Å². The quantitative estimate of drug-likeness (QED) is 0.735. The number of ether oxygens (including phenoxy) is 1. The highest BCUT2D eigenvalue weighted by atomic mass is 16.5. The van der Waals surface area contributed by atoms with E-state index in [9.17, 15) is 9.90 Å². The fraction of sp³-hybridized carbons (Fsp3) is 0.462. The van der Waals surface area contributed by atoms with Crippen molar-refractivity contribution < 1.29 is 14.6 Å². The Morgan fingerprint density at radius 2 is 1.88 bits per heavy atom. The van der Waals surface area contributed by atoms with E-state index in [4.69, 9.17) is 4.74 Å². The van der Waals surface area contributed by atoms with Gasteiger partial charge in [-0.3, -0.25) is 5.32 Å². The van der Waals surface area contributed by atoms with Crippen molar-refractivity contribution in [2.45, 2.75) is 32.6 Å². The van der Waals surface area contributed by atoms with Crippen molar-refractivity contribution >= 4 is 11.8 Å². The van der Waals surface area contributed by atoms with Gasteiger partial charge in [0.05, 0.1) is 6.61 Å². The largest absolute Gasteiger partial charge is 0.494 e. The Morgan fingerprint density at radius 3 is 2.47 bits per heavy atom. The molecule has 17 heavy (non-hydrogen) atoms. The highest BCUT2D eigenvalue weighted by molar-refractivity contribution is 5.82. The van der Waals surface area contributed by atoms with Gasteiger partial charge in [0.1, 0.15) is 5.75 Å². The van der Waals surface area contributed by atoms with Gasteiger partial charge in [-0.15, -0.1) is 0 Å². The lowest BCUT2D eigenvalue weighted by Crippen LogP contribution is -2.05. The highest BCUT2D eigenvalue weighted by Gasteiger charge is 2.00. The molecule has 0 saturated carbocycles. The van der Waals surface area contributed by atoms with E-state index in [2.05, 4.69) is 12.2 Å². The number of hydrogen-bond donors (Lipinski definition) is 1. The molecular formula is C13H18NO3. The van der Waals surface area contributed by atoms with E-state index in [-0.39, 0.29) is 0 Å². The minimum Gasteiger partial charge on any atom is -0.494 e. The molecule has 93 valence electrons. The molecule has 1 N–H and O–H groups in total. The smallest absolute Gasteiger partial charge is 0.454 e. The molecule has 0 aliphatic carbocycles. The second kappa shape index (κ2) is 7.54. The van der Waals surface area contributed by atoms with E-state index < -0.39 is 6.09 Å². The van der Waals surface area contributed by atoms with Crippen LogP contribution in [0.25, 0.3) is 0 Å². The summed E-state index contributed by atoms with van der Waals surface area (Å²) >= 11 is 0. The number of carbonyl (C=O) groups is 1. The summed E-state index contributed by atoms with van der Waals surface area (Å²) in [6, 6.07) is 6.78. The maximum Gasteiger partial charge on any atom is 0.454 e. The first-order valence-electron chi connectivity index (χ1n) is 5.93. The topological polar surface area (TPSA) is 58.2 Å². The van der Waals surface area contributed by atoms with Gasteiger partial charge in [-0.1, -0.05) is 26.2 Å². The molecule has 0 saturated heterocycles. The van der Waals surface area contributed by atoms with E-state index in [1.165, 1.54) is 19.3 Å². The van der Waals surface area contributed by atoms with Gasteiger partial charge in [-0.2, -0.15) is 0 Å². The molecule has 1 amide bonds. The molecule has 0 aromatic heterocycles. The maximum atomic E-state index is 10.3. The minimum atomic E-state index is -1.31. The van der Waals surface area contributed by atoms with Gasteiger partial charge in [-0.05, 0) is 30.7 Å². The average Bonchev–Trinajstić information content (AvgIpc) is 2.30. The second-order valence-corrected chi connectivity index (χ2v) is 3.85. The van der Waals surface area contributed by atoms with E-state index in [0.717, 1.165) is 12.2 Å². The van der Waals surface area contributed by atoms with Crippen LogP contribution in [0.4, 0.5) is 10.5 Å². The van der Waals surface area contributed by atoms with Crippen LogP contribution in [0, 0.1) is 0 Å². The number of nitrogens with one attached hydrogen (secondary N) is 1. The monoisotopic (exact) mass is 236 g/mol. The molecule has 0 bridgehead atoms. The van der Waals surface area contributed by atoms with Crippen LogP contribution in [0.2, 0.25) is 0 Å². The first kappa shape index (κ1) is 13.4. The lowest BCUT2D eigenvalue weighted by Gasteiger charge is -2.06. The summed E-state index contributed by atoms with van der Waals surface area (Å²) in [6.45, 7) is 2.87. The van der Waals surface area contributed by atoms with Crippen LogP contribution < -0.4 is 10.1 Å². The highest BCUT2D eigenvalue weighted by Crippen LogP contribution is 2.16. The molecule has 0 atom stereocenters. The summed E-state index contributed by atoms with van der Waals surface area (Å²) in [5.41, 5.74) is 0.489. The van der Waals surface area contributed by atoms with E-state index in [1.54, 1.807) is 24.3 Å². The average molecular weight is 236 g/mol. The molecule has 1 aromatic carbocycles. The van der Waals surface area contributed by atoms with Crippen molar-refractivity contribution in [3.8, 4) is 5.75 Å². The van der Waals surface area contributed by atoms with Crippen molar-refractivity contribution in [1.29, 1.82) is 0 Å². The van der Waals surface area contributed by atoms with Crippen LogP contribution in [0.1, 0.15) is 32.6 Å². The Balaban J connectivity index is 2.28. The van der Waals surface area contributed by atoms with Crippen molar-refractivity contribution in [3.05, 3.63) is 24.3 Å². The van der Waals surface area contributed by atoms with Crippen molar-refractivity contribution in [2.24, 2.45) is 0 Å². The molecule has 1 rings (SSSR count). The Labute approximate surface area is 102 Å². The Hall–Kier alpha value is -1.71. The molecule has 4 heteroatoms. The van der Waals surface area contributed by atoms with Gasteiger partial charge >= 0.3 is 6.09 Å². The summed E-state index contributed by atoms with van der Waals surface area (Å²) in [6.07, 6.45) is 3.37. The number of anilines is 1. The zero-order valence-corrected chi connectivity index (χ0v) is 10.1. The molecule has 0 aliphatic rings. The maximum absolute atomic E-state index is 10.3. The third-order valence-corrected chi connectivity index (χ3v) is 2.37. The minimum absolute atomic E-state index is 0.489. The molecule has 4 nitrogen and oxygen atoms in total. The predicted octanol–water partition coefficient (Wildman–Crippen LogP) is 3.61. The number of carbonyl (C=O) groups excluding carboxylic acids is 1. The van der Waals surface area contributed by atoms with Crippen molar-refractivity contribution in [1.82, 2.24) is 0 Å². The first-order valence-corrected chi connectivity index (χ1v) is 5.93. The summed E-state index contributed by atoms with van der Waals surface area (Å²) in [4.78, 5) is 10.3. The van der Waals surface area contributed by atoms with E-state index >= 15 is 0 Å². The van der Waals surface area contributed by atoms with Crippen molar-refractivity contribution in [3.63, 3.8) is 0 Å². The molecule has 0 unspecified atom stereocenters. The van der Waals surface area contributed by atoms with Gasteiger partial charge in [0.25, 0.3) is 0 Å². The van der Waals surface area contributed by atoms with Crippen LogP contribution in [0.15, 0.2) is 24.3 Å². The molecule has 0 fully saturated rings. The number of benzene rings is 1. The van der Waals surface area contributed by atoms with Crippen LogP contribution in [0.3, 0.4) is 0 Å². The molecule has 0 heterocycles. The normalized spacial score (nSPS) is 9.94. The SMILES string of the molecule is CCCCCCOc1ccc(NC([O])=O)cc1. The number of amides is 1. The van der Waals surface area contributed by atoms with Gasteiger partial charge in [0, 0.05) is 5.69 Å². The Kier molecular flexibility index (Phi) is 5.93. The third-order valence-electron chi connectivity index (χ3n) is 2.37. The standard InChI is InChI=1S/C13H18NO3/c1-2-3-4-5-10-17-12-8-6-11(7-9-12)14-13(15)16/h6-9,14H,2-5,10H2,1H3. The van der Waals surface area contributed by atoms with E-state index in [1.807, 2.05) is 0 Å². The van der Waals surface area contributed by atoms with Gasteiger partial charge in [0.2, 0.25) is 0 Å². The zero-order chi connectivity index (χ0) is 12.5. The summed E-state index contributed by atoms with van der Waals surface area (Å²) in [5, 5.41) is 12.4. The number of unbranched alkanes of at least 4 members (excludes halogenated alkanes) is 3. The lowest BCUT2D eigenvalue weighted by molar-refractivity contribution is 0.185. The van der Waals surface area contributed by atoms with Crippen molar-refractivity contribution in [2.75, 3.05) is 11.9 Å². The third kappa shape index (κ3) is 5.80. The number of rotatable bonds is 7. The van der Waals surface area contributed by atoms with Crippen LogP contribution in [-0.4, -0.2) is 12.7 Å². The van der Waals surface area contributed by atoms with Crippen LogP contribution in [-0.2, 0) is 5.11 Å². The first-order chi connectivity index (χ1) is 8.22.